The first kappa shape index (κ1) is 11.6. The van der Waals surface area contributed by atoms with Gasteiger partial charge < -0.3 is 10.4 Å². The minimum Gasteiger partial charge on any atom is -0.392 e. The molecule has 1 saturated carbocycles. The number of rotatable bonds is 2. The molecular weight excluding hydrogens is 246 g/mol. The van der Waals surface area contributed by atoms with Gasteiger partial charge >= 0.3 is 0 Å². The van der Waals surface area contributed by atoms with Crippen molar-refractivity contribution in [2.45, 2.75) is 32.4 Å². The summed E-state index contributed by atoms with van der Waals surface area (Å²) in [5, 5.41) is 22.4. The highest BCUT2D eigenvalue weighted by Gasteiger charge is 2.47. The first-order valence-corrected chi connectivity index (χ1v) is 6.15. The summed E-state index contributed by atoms with van der Waals surface area (Å²) in [5.74, 6) is 0. The van der Waals surface area contributed by atoms with E-state index in [1.807, 2.05) is 19.9 Å². The number of thiazole rings is 1. The van der Waals surface area contributed by atoms with E-state index < -0.39 is 0 Å². The van der Waals surface area contributed by atoms with Crippen molar-refractivity contribution in [3.63, 3.8) is 0 Å². The molecule has 0 radical (unpaired) electrons. The molecule has 0 aliphatic heterocycles. The summed E-state index contributed by atoms with van der Waals surface area (Å²) in [6.07, 6.45) is 0.419. The maximum Gasteiger partial charge on any atom is 0.185 e. The van der Waals surface area contributed by atoms with Gasteiger partial charge in [-0.1, -0.05) is 36.8 Å². The Bertz CT molecular complexity index is 451. The predicted molar refractivity (Wildman–Crippen MR) is 63.7 cm³/mol. The van der Waals surface area contributed by atoms with Gasteiger partial charge in [-0.25, -0.2) is 4.98 Å². The number of halogens is 1. The lowest BCUT2D eigenvalue weighted by Crippen LogP contribution is -2.56. The lowest BCUT2D eigenvalue weighted by Gasteiger charge is -2.49. The Balaban J connectivity index is 2.09. The molecule has 6 heteroatoms. The molecule has 0 spiro atoms. The second kappa shape index (κ2) is 3.88. The van der Waals surface area contributed by atoms with Crippen LogP contribution < -0.4 is 5.32 Å². The van der Waals surface area contributed by atoms with E-state index in [4.69, 9.17) is 16.9 Å². The fourth-order valence-electron chi connectivity index (χ4n) is 1.73. The number of anilines is 1. The SMILES string of the molecule is CC1(C)C(O)CC1Nc1nc(Cl)c(C#N)s1. The maximum absolute atomic E-state index is 9.59. The third kappa shape index (κ3) is 1.77. The maximum atomic E-state index is 9.59. The Hall–Kier alpha value is -0.830. The zero-order valence-corrected chi connectivity index (χ0v) is 10.6. The van der Waals surface area contributed by atoms with Gasteiger partial charge in [0.1, 0.15) is 10.9 Å². The van der Waals surface area contributed by atoms with Crippen LogP contribution in [0.15, 0.2) is 0 Å². The molecule has 2 rings (SSSR count). The Labute approximate surface area is 103 Å². The smallest absolute Gasteiger partial charge is 0.185 e. The number of hydrogen-bond acceptors (Lipinski definition) is 5. The molecule has 0 amide bonds. The number of aromatic nitrogens is 1. The Morgan fingerprint density at radius 3 is 2.81 bits per heavy atom. The van der Waals surface area contributed by atoms with Crippen LogP contribution in [0.25, 0.3) is 0 Å². The largest absolute Gasteiger partial charge is 0.392 e. The van der Waals surface area contributed by atoms with E-state index in [1.165, 1.54) is 11.3 Å². The quantitative estimate of drug-likeness (QED) is 0.853. The van der Waals surface area contributed by atoms with E-state index >= 15 is 0 Å². The van der Waals surface area contributed by atoms with Gasteiger partial charge in [0.15, 0.2) is 10.3 Å². The second-order valence-corrected chi connectivity index (χ2v) is 5.88. The van der Waals surface area contributed by atoms with Crippen LogP contribution in [0, 0.1) is 16.7 Å². The fraction of sp³-hybridized carbons (Fsp3) is 0.600. The summed E-state index contributed by atoms with van der Waals surface area (Å²) in [5.41, 5.74) is -0.162. The van der Waals surface area contributed by atoms with Crippen LogP contribution in [0.4, 0.5) is 5.13 Å². The molecule has 1 aromatic heterocycles. The van der Waals surface area contributed by atoms with Crippen LogP contribution in [-0.2, 0) is 0 Å². The van der Waals surface area contributed by atoms with E-state index in [0.717, 1.165) is 0 Å². The highest BCUT2D eigenvalue weighted by Crippen LogP contribution is 2.43. The molecule has 1 fully saturated rings. The number of aliphatic hydroxyl groups is 1. The van der Waals surface area contributed by atoms with Crippen molar-refractivity contribution in [1.82, 2.24) is 4.98 Å². The number of nitriles is 1. The van der Waals surface area contributed by atoms with Crippen molar-refractivity contribution in [2.75, 3.05) is 5.32 Å². The molecule has 1 aromatic rings. The lowest BCUT2D eigenvalue weighted by atomic mass is 9.65. The molecule has 0 saturated heterocycles. The van der Waals surface area contributed by atoms with Gasteiger partial charge in [0.2, 0.25) is 0 Å². The molecule has 1 heterocycles. The molecule has 0 aromatic carbocycles. The molecule has 4 nitrogen and oxygen atoms in total. The average molecular weight is 258 g/mol. The summed E-state index contributed by atoms with van der Waals surface area (Å²) < 4.78 is 0. The van der Waals surface area contributed by atoms with Gasteiger partial charge in [0.25, 0.3) is 0 Å². The zero-order valence-electron chi connectivity index (χ0n) is 8.99. The minimum atomic E-state index is -0.282. The monoisotopic (exact) mass is 257 g/mol. The summed E-state index contributed by atoms with van der Waals surface area (Å²) in [6.45, 7) is 4.00. The van der Waals surface area contributed by atoms with E-state index in [1.54, 1.807) is 0 Å². The van der Waals surface area contributed by atoms with Crippen LogP contribution in [0.5, 0.6) is 0 Å². The third-order valence-corrected chi connectivity index (χ3v) is 4.48. The lowest BCUT2D eigenvalue weighted by molar-refractivity contribution is -0.0510. The van der Waals surface area contributed by atoms with Crippen molar-refractivity contribution in [3.8, 4) is 6.07 Å². The molecule has 0 bridgehead atoms. The van der Waals surface area contributed by atoms with Gasteiger partial charge in [-0.2, -0.15) is 5.26 Å². The summed E-state index contributed by atoms with van der Waals surface area (Å²) in [4.78, 5) is 4.48. The second-order valence-electron chi connectivity index (χ2n) is 4.52. The molecular formula is C10H12ClN3OS. The highest BCUT2D eigenvalue weighted by molar-refractivity contribution is 7.16. The molecule has 2 unspecified atom stereocenters. The van der Waals surface area contributed by atoms with Crippen molar-refractivity contribution in [2.24, 2.45) is 5.41 Å². The number of hydrogen-bond donors (Lipinski definition) is 2. The van der Waals surface area contributed by atoms with Crippen LogP contribution in [0.1, 0.15) is 25.1 Å². The highest BCUT2D eigenvalue weighted by atomic mass is 35.5. The molecule has 16 heavy (non-hydrogen) atoms. The fourth-order valence-corrected chi connectivity index (χ4v) is 2.73. The van der Waals surface area contributed by atoms with Crippen LogP contribution in [-0.4, -0.2) is 22.2 Å². The number of nitrogens with zero attached hydrogens (tertiary/aromatic N) is 2. The van der Waals surface area contributed by atoms with E-state index in [9.17, 15) is 5.11 Å². The van der Waals surface area contributed by atoms with Crippen LogP contribution in [0.3, 0.4) is 0 Å². The van der Waals surface area contributed by atoms with Crippen LogP contribution in [0.2, 0.25) is 5.15 Å². The zero-order chi connectivity index (χ0) is 11.9. The van der Waals surface area contributed by atoms with E-state index in [2.05, 4.69) is 10.3 Å². The van der Waals surface area contributed by atoms with Crippen LogP contribution >= 0.6 is 22.9 Å². The number of aliphatic hydroxyl groups excluding tert-OH is 1. The predicted octanol–water partition coefficient (Wildman–Crippen LogP) is 2.24. The summed E-state index contributed by atoms with van der Waals surface area (Å²) in [7, 11) is 0. The van der Waals surface area contributed by atoms with Crippen molar-refractivity contribution in [1.29, 1.82) is 5.26 Å². The molecule has 2 N–H and O–H groups in total. The Morgan fingerprint density at radius 2 is 2.38 bits per heavy atom. The van der Waals surface area contributed by atoms with Gasteiger partial charge in [-0.05, 0) is 6.42 Å². The Kier molecular flexibility index (Phi) is 2.82. The van der Waals surface area contributed by atoms with Crippen molar-refractivity contribution >= 4 is 28.1 Å². The van der Waals surface area contributed by atoms with Crippen molar-refractivity contribution < 1.29 is 5.11 Å². The van der Waals surface area contributed by atoms with Gasteiger partial charge in [-0.15, -0.1) is 0 Å². The summed E-state index contributed by atoms with van der Waals surface area (Å²) >= 11 is 7.02. The normalized spacial score (nSPS) is 26.9. The minimum absolute atomic E-state index is 0.162. The summed E-state index contributed by atoms with van der Waals surface area (Å²) in [6, 6.07) is 2.17. The van der Waals surface area contributed by atoms with Crippen molar-refractivity contribution in [3.05, 3.63) is 10.0 Å². The Morgan fingerprint density at radius 1 is 1.69 bits per heavy atom. The first-order chi connectivity index (χ1) is 7.45. The van der Waals surface area contributed by atoms with E-state index in [-0.39, 0.29) is 22.7 Å². The van der Waals surface area contributed by atoms with Gasteiger partial charge in [0, 0.05) is 11.5 Å². The molecule has 1 aliphatic rings. The van der Waals surface area contributed by atoms with Gasteiger partial charge in [-0.3, -0.25) is 0 Å². The third-order valence-electron chi connectivity index (χ3n) is 3.20. The standard InChI is InChI=1S/C10H12ClN3OS/c1-10(2)6(3-7(10)15)13-9-14-8(11)5(4-12)16-9/h6-7,15H,3H2,1-2H3,(H,13,14). The van der Waals surface area contributed by atoms with E-state index in [0.29, 0.717) is 16.4 Å². The molecule has 2 atom stereocenters. The topological polar surface area (TPSA) is 68.9 Å². The first-order valence-electron chi connectivity index (χ1n) is 4.96. The molecule has 1 aliphatic carbocycles. The average Bonchev–Trinajstić information content (AvgIpc) is 2.58. The number of nitrogens with one attached hydrogen (secondary N) is 1. The molecule has 86 valence electrons. The van der Waals surface area contributed by atoms with Gasteiger partial charge in [0.05, 0.1) is 6.10 Å².